The quantitative estimate of drug-likeness (QED) is 0.425. The Morgan fingerprint density at radius 3 is 2.48 bits per heavy atom. The van der Waals surface area contributed by atoms with Gasteiger partial charge in [0.25, 0.3) is 5.91 Å². The summed E-state index contributed by atoms with van der Waals surface area (Å²) in [5.41, 5.74) is 7.78. The minimum absolute atomic E-state index is 0.00137. The van der Waals surface area contributed by atoms with E-state index in [0.29, 0.717) is 34.9 Å². The number of carbonyl (C=O) groups excluding carboxylic acids is 2. The van der Waals surface area contributed by atoms with Gasteiger partial charge in [-0.1, -0.05) is 38.1 Å². The molecule has 2 aromatic carbocycles. The molecule has 0 saturated heterocycles. The highest BCUT2D eigenvalue weighted by Gasteiger charge is 2.22. The molecule has 0 spiro atoms. The summed E-state index contributed by atoms with van der Waals surface area (Å²) in [5, 5.41) is 0. The van der Waals surface area contributed by atoms with Crippen molar-refractivity contribution < 1.29 is 18.7 Å². The van der Waals surface area contributed by atoms with Crippen molar-refractivity contribution in [1.29, 1.82) is 0 Å². The number of nitrogens with two attached hydrogens (primary N) is 2. The predicted molar refractivity (Wildman–Crippen MR) is 116 cm³/mol. The number of hydrogen-bond donors (Lipinski definition) is 2. The summed E-state index contributed by atoms with van der Waals surface area (Å²) in [4.78, 5) is 29.5. The molecule has 3 rings (SSSR count). The van der Waals surface area contributed by atoms with E-state index in [4.69, 9.17) is 16.3 Å². The topological polar surface area (TPSA) is 116 Å². The molecule has 31 heavy (non-hydrogen) atoms. The van der Waals surface area contributed by atoms with Gasteiger partial charge in [-0.2, -0.15) is 0 Å². The second-order valence-electron chi connectivity index (χ2n) is 7.30. The lowest BCUT2D eigenvalue weighted by Crippen LogP contribution is -2.24. The van der Waals surface area contributed by atoms with Gasteiger partial charge in [0.15, 0.2) is 5.69 Å². The number of halogens is 1. The van der Waals surface area contributed by atoms with E-state index in [-0.39, 0.29) is 18.2 Å². The van der Waals surface area contributed by atoms with Crippen LogP contribution in [-0.4, -0.2) is 29.1 Å². The fraction of sp³-hybridized carbons (Fsp3) is 0.227. The fourth-order valence-electron chi connectivity index (χ4n) is 3.33. The average Bonchev–Trinajstić information content (AvgIpc) is 3.10. The maximum atomic E-state index is 13.7. The first kappa shape index (κ1) is 21.8. The van der Waals surface area contributed by atoms with E-state index in [1.165, 1.54) is 34.9 Å². The van der Waals surface area contributed by atoms with Gasteiger partial charge in [-0.05, 0) is 17.7 Å². The van der Waals surface area contributed by atoms with Crippen LogP contribution in [0.5, 0.6) is 5.75 Å². The number of amides is 2. The first-order valence-corrected chi connectivity index (χ1v) is 9.59. The molecule has 4 N–H and O–H groups in total. The molecule has 8 nitrogen and oxygen atoms in total. The third-order valence-electron chi connectivity index (χ3n) is 4.85. The van der Waals surface area contributed by atoms with Crippen molar-refractivity contribution in [1.82, 2.24) is 9.66 Å². The molecular weight excluding hydrogens is 401 g/mol. The summed E-state index contributed by atoms with van der Waals surface area (Å²) in [6, 6.07) is 11.1. The molecule has 3 aromatic rings. The molecule has 9 heteroatoms. The molecule has 2 amide bonds. The zero-order valence-electron chi connectivity index (χ0n) is 17.5. The zero-order valence-corrected chi connectivity index (χ0v) is 17.5. The number of nitrogen functional groups attached to an aromatic ring is 1. The van der Waals surface area contributed by atoms with E-state index in [9.17, 15) is 14.0 Å². The Bertz CT molecular complexity index is 1110. The summed E-state index contributed by atoms with van der Waals surface area (Å²) >= 11 is 0. The van der Waals surface area contributed by atoms with E-state index in [2.05, 4.69) is 4.98 Å². The highest BCUT2D eigenvalue weighted by atomic mass is 19.1. The van der Waals surface area contributed by atoms with Gasteiger partial charge in [0.2, 0.25) is 6.41 Å². The molecule has 0 aliphatic heterocycles. The zero-order chi connectivity index (χ0) is 22.7. The third kappa shape index (κ3) is 4.35. The van der Waals surface area contributed by atoms with Crippen molar-refractivity contribution in [3.63, 3.8) is 0 Å². The van der Waals surface area contributed by atoms with Crippen LogP contribution in [0.15, 0.2) is 42.5 Å². The summed E-state index contributed by atoms with van der Waals surface area (Å²) in [5.74, 6) is 5.79. The summed E-state index contributed by atoms with van der Waals surface area (Å²) < 4.78 is 20.2. The summed E-state index contributed by atoms with van der Waals surface area (Å²) in [6.07, 6.45) is 0.613. The fourth-order valence-corrected chi connectivity index (χ4v) is 3.33. The van der Waals surface area contributed by atoms with Gasteiger partial charge in [0, 0.05) is 17.5 Å². The third-order valence-corrected chi connectivity index (χ3v) is 4.85. The van der Waals surface area contributed by atoms with E-state index in [0.717, 1.165) is 5.56 Å². The average molecular weight is 425 g/mol. The monoisotopic (exact) mass is 425 g/mol. The van der Waals surface area contributed by atoms with Gasteiger partial charge in [-0.3, -0.25) is 9.59 Å². The Labute approximate surface area is 179 Å². The largest absolute Gasteiger partial charge is 0.495 e. The van der Waals surface area contributed by atoms with Crippen LogP contribution in [0.25, 0.3) is 11.3 Å². The molecule has 0 aliphatic rings. The number of rotatable bonds is 8. The van der Waals surface area contributed by atoms with Gasteiger partial charge >= 0.3 is 0 Å². The molecule has 0 unspecified atom stereocenters. The Morgan fingerprint density at radius 2 is 1.94 bits per heavy atom. The van der Waals surface area contributed by atoms with Crippen molar-refractivity contribution in [2.75, 3.05) is 17.9 Å². The van der Waals surface area contributed by atoms with Crippen molar-refractivity contribution in [3.8, 4) is 17.0 Å². The Balaban J connectivity index is 1.92. The molecule has 1 heterocycles. The number of ether oxygens (including phenoxy) is 1. The smallest absolute Gasteiger partial charge is 0.269 e. The van der Waals surface area contributed by atoms with Gasteiger partial charge in [-0.15, -0.1) is 0 Å². The molecule has 0 radical (unpaired) electrons. The number of methoxy groups -OCH3 is 1. The van der Waals surface area contributed by atoms with Crippen molar-refractivity contribution >= 4 is 18.0 Å². The molecule has 0 fully saturated rings. The Hall–Kier alpha value is -3.88. The van der Waals surface area contributed by atoms with Gasteiger partial charge in [0.05, 0.1) is 19.3 Å². The molecular formula is C22H24FN5O3. The highest BCUT2D eigenvalue weighted by molar-refractivity contribution is 5.97. The van der Waals surface area contributed by atoms with Gasteiger partial charge in [-0.25, -0.2) is 14.1 Å². The standard InChI is InChI=1S/C22H24FN5O3/c1-13(2)22-26-19(20(21(24)30)28(22)25)15-6-4-14(5-7-15)11-27(12-29)17-10-16(23)8-9-18(17)31-3/h4-10,12-13H,11,25H2,1-3H3,(H2,24,30). The van der Waals surface area contributed by atoms with Crippen LogP contribution in [0, 0.1) is 5.82 Å². The first-order chi connectivity index (χ1) is 14.8. The highest BCUT2D eigenvalue weighted by Crippen LogP contribution is 2.30. The number of nitrogens with zero attached hydrogens (tertiary/aromatic N) is 3. The van der Waals surface area contributed by atoms with E-state index in [1.807, 2.05) is 13.8 Å². The second kappa shape index (κ2) is 8.86. The van der Waals surface area contributed by atoms with Crippen molar-refractivity contribution in [2.45, 2.75) is 26.3 Å². The number of primary amides is 1. The lowest BCUT2D eigenvalue weighted by Gasteiger charge is -2.20. The molecule has 0 atom stereocenters. The van der Waals surface area contributed by atoms with Crippen LogP contribution in [0.1, 0.15) is 41.6 Å². The van der Waals surface area contributed by atoms with Crippen LogP contribution < -0.4 is 21.2 Å². The minimum Gasteiger partial charge on any atom is -0.495 e. The van der Waals surface area contributed by atoms with Crippen molar-refractivity contribution in [3.05, 3.63) is 65.4 Å². The van der Waals surface area contributed by atoms with Gasteiger partial charge < -0.3 is 21.2 Å². The van der Waals surface area contributed by atoms with Crippen LogP contribution in [-0.2, 0) is 11.3 Å². The summed E-state index contributed by atoms with van der Waals surface area (Å²) in [6.45, 7) is 4.02. The number of imidazole rings is 1. The summed E-state index contributed by atoms with van der Waals surface area (Å²) in [7, 11) is 1.45. The number of anilines is 1. The molecule has 1 aromatic heterocycles. The molecule has 0 saturated carbocycles. The van der Waals surface area contributed by atoms with Crippen LogP contribution in [0.3, 0.4) is 0 Å². The normalized spacial score (nSPS) is 10.9. The Kier molecular flexibility index (Phi) is 6.24. The second-order valence-corrected chi connectivity index (χ2v) is 7.30. The number of benzene rings is 2. The lowest BCUT2D eigenvalue weighted by molar-refractivity contribution is -0.107. The van der Waals surface area contributed by atoms with Crippen molar-refractivity contribution in [2.24, 2.45) is 5.73 Å². The van der Waals surface area contributed by atoms with Crippen LogP contribution in [0.4, 0.5) is 10.1 Å². The molecule has 162 valence electrons. The molecule has 0 aliphatic carbocycles. The Morgan fingerprint density at radius 1 is 1.26 bits per heavy atom. The maximum Gasteiger partial charge on any atom is 0.269 e. The van der Waals surface area contributed by atoms with Crippen LogP contribution >= 0.6 is 0 Å². The van der Waals surface area contributed by atoms with E-state index in [1.54, 1.807) is 24.3 Å². The number of aromatic nitrogens is 2. The van der Waals surface area contributed by atoms with E-state index >= 15 is 0 Å². The molecule has 0 bridgehead atoms. The SMILES string of the molecule is COc1ccc(F)cc1N(C=O)Cc1ccc(-c2nc(C(C)C)n(N)c2C(N)=O)cc1. The lowest BCUT2D eigenvalue weighted by atomic mass is 10.1. The number of carbonyl (C=O) groups is 2. The maximum absolute atomic E-state index is 13.7. The predicted octanol–water partition coefficient (Wildman–Crippen LogP) is 2.80. The van der Waals surface area contributed by atoms with Crippen LogP contribution in [0.2, 0.25) is 0 Å². The van der Waals surface area contributed by atoms with Gasteiger partial charge in [0.1, 0.15) is 23.1 Å². The minimum atomic E-state index is -0.675. The number of hydrogen-bond acceptors (Lipinski definition) is 5. The van der Waals surface area contributed by atoms with E-state index < -0.39 is 11.7 Å². The first-order valence-electron chi connectivity index (χ1n) is 9.59.